The number of aliphatic carboxylic acids is 1. The predicted molar refractivity (Wildman–Crippen MR) is 128 cm³/mol. The van der Waals surface area contributed by atoms with Gasteiger partial charge in [0.05, 0.1) is 42.4 Å². The van der Waals surface area contributed by atoms with Crippen molar-refractivity contribution in [1.82, 2.24) is 14.7 Å². The van der Waals surface area contributed by atoms with E-state index in [1.54, 1.807) is 15.9 Å². The number of likely N-dealkylation sites (tertiary alicyclic amines) is 1. The number of aliphatic hydroxyl groups excluding tert-OH is 1. The SMILES string of the molecule is C=CCN(CCN1CCOCC1)C(=O)C1N([C@@H](CO)C(C)C)C(=O)[C@@H]2[C@@H](C(=O)O)[C@H]3CCC12S3. The van der Waals surface area contributed by atoms with Gasteiger partial charge in [0.15, 0.2) is 0 Å². The normalized spacial score (nSPS) is 33.9. The highest BCUT2D eigenvalue weighted by Crippen LogP contribution is 2.66. The van der Waals surface area contributed by atoms with Crippen LogP contribution in [0.15, 0.2) is 12.7 Å². The monoisotopic (exact) mass is 495 g/mol. The van der Waals surface area contributed by atoms with Crippen molar-refractivity contribution in [3.63, 3.8) is 0 Å². The quantitative estimate of drug-likeness (QED) is 0.422. The zero-order chi connectivity index (χ0) is 24.6. The molecule has 2 bridgehead atoms. The molecule has 0 aliphatic carbocycles. The molecule has 4 fully saturated rings. The van der Waals surface area contributed by atoms with Crippen molar-refractivity contribution >= 4 is 29.5 Å². The van der Waals surface area contributed by atoms with Gasteiger partial charge in [-0.1, -0.05) is 19.9 Å². The zero-order valence-corrected chi connectivity index (χ0v) is 20.9. The molecule has 0 aromatic rings. The van der Waals surface area contributed by atoms with Gasteiger partial charge in [-0.25, -0.2) is 0 Å². The van der Waals surface area contributed by atoms with Crippen molar-refractivity contribution in [2.24, 2.45) is 17.8 Å². The Kier molecular flexibility index (Phi) is 7.61. The van der Waals surface area contributed by atoms with Crippen LogP contribution in [0.1, 0.15) is 26.7 Å². The first-order valence-electron chi connectivity index (χ1n) is 12.3. The first kappa shape index (κ1) is 25.5. The number of hydrogen-bond donors (Lipinski definition) is 2. The van der Waals surface area contributed by atoms with Crippen molar-refractivity contribution in [3.8, 4) is 0 Å². The van der Waals surface area contributed by atoms with Gasteiger partial charge in [0, 0.05) is 38.0 Å². The summed E-state index contributed by atoms with van der Waals surface area (Å²) in [5, 5.41) is 20.0. The van der Waals surface area contributed by atoms with E-state index in [4.69, 9.17) is 4.74 Å². The molecule has 2 unspecified atom stereocenters. The fraction of sp³-hybridized carbons (Fsp3) is 0.792. The van der Waals surface area contributed by atoms with Gasteiger partial charge in [0.1, 0.15) is 6.04 Å². The maximum Gasteiger partial charge on any atom is 0.308 e. The first-order chi connectivity index (χ1) is 16.3. The number of morpholine rings is 1. The lowest BCUT2D eigenvalue weighted by Gasteiger charge is -2.41. The molecule has 4 aliphatic heterocycles. The number of rotatable bonds is 10. The van der Waals surface area contributed by atoms with Gasteiger partial charge in [-0.2, -0.15) is 0 Å². The van der Waals surface area contributed by atoms with Crippen LogP contribution in [0, 0.1) is 17.8 Å². The number of thioether (sulfide) groups is 1. The molecule has 34 heavy (non-hydrogen) atoms. The molecule has 6 atom stereocenters. The highest BCUT2D eigenvalue weighted by molar-refractivity contribution is 8.02. The summed E-state index contributed by atoms with van der Waals surface area (Å²) in [6, 6.07) is -1.33. The summed E-state index contributed by atoms with van der Waals surface area (Å²) >= 11 is 1.53. The molecular formula is C24H37N3O6S. The van der Waals surface area contributed by atoms with Crippen molar-refractivity contribution in [2.75, 3.05) is 52.5 Å². The first-order valence-corrected chi connectivity index (χ1v) is 13.2. The lowest BCUT2D eigenvalue weighted by molar-refractivity contribution is -0.150. The summed E-state index contributed by atoms with van der Waals surface area (Å²) < 4.78 is 4.66. The van der Waals surface area contributed by atoms with Crippen LogP contribution in [-0.4, -0.2) is 117 Å². The second kappa shape index (κ2) is 10.2. The number of carbonyl (C=O) groups excluding carboxylic acids is 2. The van der Waals surface area contributed by atoms with Crippen LogP contribution in [0.3, 0.4) is 0 Å². The molecule has 0 aromatic heterocycles. The maximum absolute atomic E-state index is 14.2. The van der Waals surface area contributed by atoms with E-state index in [1.165, 1.54) is 11.8 Å². The molecule has 4 saturated heterocycles. The standard InChI is InChI=1S/C24H37N3O6S/c1-4-7-26(9-8-25-10-12-33-13-11-25)22(30)20-24-6-5-17(34-24)18(23(31)32)19(24)21(29)27(20)16(14-28)15(2)3/h4,15-20,28H,1,5-14H2,2-3H3,(H,31,32)/t16-,17+,18-,19-,20?,24?/m0/s1. The van der Waals surface area contributed by atoms with E-state index >= 15 is 0 Å². The third-order valence-electron chi connectivity index (χ3n) is 8.02. The summed E-state index contributed by atoms with van der Waals surface area (Å²) in [5.41, 5.74) is 0. The molecule has 4 heterocycles. The highest BCUT2D eigenvalue weighted by Gasteiger charge is 2.74. The molecule has 0 radical (unpaired) electrons. The number of aliphatic hydroxyl groups is 1. The number of nitrogens with zero attached hydrogens (tertiary/aromatic N) is 3. The number of hydrogen-bond acceptors (Lipinski definition) is 7. The van der Waals surface area contributed by atoms with E-state index < -0.39 is 34.6 Å². The minimum atomic E-state index is -0.967. The van der Waals surface area contributed by atoms with Gasteiger partial charge in [-0.3, -0.25) is 19.3 Å². The Balaban J connectivity index is 1.67. The van der Waals surface area contributed by atoms with Crippen LogP contribution < -0.4 is 0 Å². The van der Waals surface area contributed by atoms with Crippen LogP contribution in [-0.2, 0) is 19.1 Å². The highest BCUT2D eigenvalue weighted by atomic mass is 32.2. The van der Waals surface area contributed by atoms with Crippen LogP contribution in [0.25, 0.3) is 0 Å². The minimum absolute atomic E-state index is 0.0776. The molecule has 10 heteroatoms. The number of carboxylic acid groups (broad SMARTS) is 1. The van der Waals surface area contributed by atoms with Crippen LogP contribution in [0.5, 0.6) is 0 Å². The molecule has 2 amide bonds. The Morgan fingerprint density at radius 2 is 2.06 bits per heavy atom. The van der Waals surface area contributed by atoms with E-state index in [-0.39, 0.29) is 29.6 Å². The molecule has 9 nitrogen and oxygen atoms in total. The Morgan fingerprint density at radius 3 is 2.65 bits per heavy atom. The fourth-order valence-corrected chi connectivity index (χ4v) is 8.53. The molecule has 2 N–H and O–H groups in total. The molecule has 0 aromatic carbocycles. The average Bonchev–Trinajstić information content (AvgIpc) is 3.45. The molecule has 0 saturated carbocycles. The number of carboxylic acids is 1. The fourth-order valence-electron chi connectivity index (χ4n) is 6.34. The maximum atomic E-state index is 14.2. The summed E-state index contributed by atoms with van der Waals surface area (Å²) in [6.07, 6.45) is 3.01. The Bertz CT molecular complexity index is 819. The van der Waals surface area contributed by atoms with E-state index in [1.807, 2.05) is 13.8 Å². The van der Waals surface area contributed by atoms with Gasteiger partial charge in [-0.15, -0.1) is 18.3 Å². The molecule has 4 aliphatic rings. The summed E-state index contributed by atoms with van der Waals surface area (Å²) in [6.45, 7) is 11.9. The van der Waals surface area contributed by atoms with Gasteiger partial charge in [0.25, 0.3) is 0 Å². The summed E-state index contributed by atoms with van der Waals surface area (Å²) in [4.78, 5) is 45.8. The lowest BCUT2D eigenvalue weighted by atomic mass is 9.71. The number of fused-ring (bicyclic) bond motifs is 1. The van der Waals surface area contributed by atoms with Crippen molar-refractivity contribution in [1.29, 1.82) is 0 Å². The molecule has 1 spiro atoms. The Labute approximate surface area is 205 Å². The topological polar surface area (TPSA) is 111 Å². The second-order valence-electron chi connectivity index (χ2n) is 10.2. The van der Waals surface area contributed by atoms with Crippen molar-refractivity contribution in [2.45, 2.75) is 48.8 Å². The number of ether oxygens (including phenoxy) is 1. The van der Waals surface area contributed by atoms with E-state index in [9.17, 15) is 24.6 Å². The second-order valence-corrected chi connectivity index (χ2v) is 11.8. The van der Waals surface area contributed by atoms with E-state index in [2.05, 4.69) is 11.5 Å². The third-order valence-corrected chi connectivity index (χ3v) is 9.97. The minimum Gasteiger partial charge on any atom is -0.481 e. The molecule has 190 valence electrons. The zero-order valence-electron chi connectivity index (χ0n) is 20.1. The van der Waals surface area contributed by atoms with Gasteiger partial charge >= 0.3 is 5.97 Å². The van der Waals surface area contributed by atoms with E-state index in [0.717, 1.165) is 13.1 Å². The lowest BCUT2D eigenvalue weighted by Crippen LogP contribution is -2.59. The summed E-state index contributed by atoms with van der Waals surface area (Å²) in [7, 11) is 0. The van der Waals surface area contributed by atoms with Gasteiger partial charge < -0.3 is 24.7 Å². The Hall–Kier alpha value is -1.62. The van der Waals surface area contributed by atoms with Crippen LogP contribution in [0.2, 0.25) is 0 Å². The average molecular weight is 496 g/mol. The Morgan fingerprint density at radius 1 is 1.35 bits per heavy atom. The molecule has 4 rings (SSSR count). The third kappa shape index (κ3) is 4.16. The van der Waals surface area contributed by atoms with Crippen molar-refractivity contribution in [3.05, 3.63) is 12.7 Å². The summed E-state index contributed by atoms with van der Waals surface area (Å²) in [5.74, 6) is -3.03. The number of carbonyl (C=O) groups is 3. The van der Waals surface area contributed by atoms with Gasteiger partial charge in [-0.05, 0) is 18.8 Å². The van der Waals surface area contributed by atoms with Crippen LogP contribution >= 0.6 is 11.8 Å². The van der Waals surface area contributed by atoms with E-state index in [0.29, 0.717) is 45.7 Å². The number of amides is 2. The van der Waals surface area contributed by atoms with Crippen molar-refractivity contribution < 1.29 is 29.3 Å². The predicted octanol–water partition coefficient (Wildman–Crippen LogP) is 0.526. The molecular weight excluding hydrogens is 458 g/mol. The smallest absolute Gasteiger partial charge is 0.308 e. The van der Waals surface area contributed by atoms with Gasteiger partial charge in [0.2, 0.25) is 11.8 Å². The van der Waals surface area contributed by atoms with Crippen LogP contribution in [0.4, 0.5) is 0 Å². The largest absolute Gasteiger partial charge is 0.481 e.